The lowest BCUT2D eigenvalue weighted by atomic mass is 10.2. The Morgan fingerprint density at radius 1 is 1.29 bits per heavy atom. The van der Waals surface area contributed by atoms with Gasteiger partial charge in [0.1, 0.15) is 0 Å². The second-order valence-electron chi connectivity index (χ2n) is 5.43. The number of aliphatic imine (C=N–C) groups is 1. The summed E-state index contributed by atoms with van der Waals surface area (Å²) in [5.41, 5.74) is 7.14. The van der Waals surface area contributed by atoms with Gasteiger partial charge in [-0.1, -0.05) is 25.8 Å². The molecule has 0 bridgehead atoms. The highest BCUT2D eigenvalue weighted by Gasteiger charge is 2.10. The minimum atomic E-state index is 0.573. The van der Waals surface area contributed by atoms with E-state index < -0.39 is 0 Å². The topological polar surface area (TPSA) is 63.7 Å². The highest BCUT2D eigenvalue weighted by atomic mass is 16.5. The standard InChI is InChI=1S/C16H26N4O/c1-2-11-21-15-8-7-14(12-18-15)13-19-16(17)20-9-5-3-4-6-10-20/h7-8,12H,2-6,9-11,13H2,1H3,(H2,17,19). The van der Waals surface area contributed by atoms with Gasteiger partial charge in [-0.2, -0.15) is 0 Å². The van der Waals surface area contributed by atoms with Crippen molar-refractivity contribution in [3.8, 4) is 5.88 Å². The van der Waals surface area contributed by atoms with Crippen LogP contribution in [0.1, 0.15) is 44.6 Å². The molecule has 5 nitrogen and oxygen atoms in total. The summed E-state index contributed by atoms with van der Waals surface area (Å²) in [5, 5.41) is 0. The zero-order chi connectivity index (χ0) is 14.9. The van der Waals surface area contributed by atoms with Crippen molar-refractivity contribution in [1.82, 2.24) is 9.88 Å². The molecule has 1 aliphatic heterocycles. The fraction of sp³-hybridized carbons (Fsp3) is 0.625. The molecule has 1 aliphatic rings. The van der Waals surface area contributed by atoms with E-state index in [0.717, 1.165) is 25.1 Å². The van der Waals surface area contributed by atoms with Crippen molar-refractivity contribution in [1.29, 1.82) is 0 Å². The summed E-state index contributed by atoms with van der Waals surface area (Å²) in [6, 6.07) is 3.89. The lowest BCUT2D eigenvalue weighted by Gasteiger charge is -2.21. The van der Waals surface area contributed by atoms with Crippen molar-refractivity contribution >= 4 is 5.96 Å². The maximum Gasteiger partial charge on any atom is 0.213 e. The van der Waals surface area contributed by atoms with E-state index in [4.69, 9.17) is 10.5 Å². The largest absolute Gasteiger partial charge is 0.478 e. The van der Waals surface area contributed by atoms with Crippen molar-refractivity contribution in [2.45, 2.75) is 45.6 Å². The van der Waals surface area contributed by atoms with Crippen LogP contribution in [0.4, 0.5) is 0 Å². The second-order valence-corrected chi connectivity index (χ2v) is 5.43. The number of pyridine rings is 1. The minimum absolute atomic E-state index is 0.573. The maximum atomic E-state index is 6.09. The van der Waals surface area contributed by atoms with Crippen molar-refractivity contribution in [2.75, 3.05) is 19.7 Å². The Morgan fingerprint density at radius 2 is 2.05 bits per heavy atom. The summed E-state index contributed by atoms with van der Waals surface area (Å²) < 4.78 is 5.46. The molecule has 0 aliphatic carbocycles. The highest BCUT2D eigenvalue weighted by Crippen LogP contribution is 2.11. The molecule has 5 heteroatoms. The van der Waals surface area contributed by atoms with Crippen LogP contribution in [0.3, 0.4) is 0 Å². The van der Waals surface area contributed by atoms with Crippen LogP contribution in [-0.2, 0) is 6.54 Å². The number of aromatic nitrogens is 1. The maximum absolute atomic E-state index is 6.09. The number of guanidine groups is 1. The van der Waals surface area contributed by atoms with E-state index in [1.54, 1.807) is 0 Å². The smallest absolute Gasteiger partial charge is 0.213 e. The fourth-order valence-corrected chi connectivity index (χ4v) is 2.37. The van der Waals surface area contributed by atoms with E-state index in [-0.39, 0.29) is 0 Å². The van der Waals surface area contributed by atoms with Crippen LogP contribution in [0.2, 0.25) is 0 Å². The molecule has 0 radical (unpaired) electrons. The number of rotatable bonds is 5. The highest BCUT2D eigenvalue weighted by molar-refractivity contribution is 5.78. The molecular formula is C16H26N4O. The van der Waals surface area contributed by atoms with Gasteiger partial charge in [-0.05, 0) is 24.8 Å². The summed E-state index contributed by atoms with van der Waals surface area (Å²) in [5.74, 6) is 1.33. The first-order chi connectivity index (χ1) is 10.3. The van der Waals surface area contributed by atoms with E-state index in [1.807, 2.05) is 18.3 Å². The zero-order valence-electron chi connectivity index (χ0n) is 12.9. The minimum Gasteiger partial charge on any atom is -0.478 e. The lowest BCUT2D eigenvalue weighted by Crippen LogP contribution is -2.38. The van der Waals surface area contributed by atoms with Gasteiger partial charge < -0.3 is 15.4 Å². The fourth-order valence-electron chi connectivity index (χ4n) is 2.37. The molecule has 0 spiro atoms. The molecule has 0 aromatic carbocycles. The van der Waals surface area contributed by atoms with E-state index >= 15 is 0 Å². The predicted molar refractivity (Wildman–Crippen MR) is 85.4 cm³/mol. The molecule has 0 amide bonds. The molecule has 0 atom stereocenters. The Morgan fingerprint density at radius 3 is 2.67 bits per heavy atom. The number of nitrogens with zero attached hydrogens (tertiary/aromatic N) is 3. The Bertz CT molecular complexity index is 436. The number of hydrogen-bond donors (Lipinski definition) is 1. The number of likely N-dealkylation sites (tertiary alicyclic amines) is 1. The van der Waals surface area contributed by atoms with Crippen LogP contribution >= 0.6 is 0 Å². The third-order valence-electron chi connectivity index (χ3n) is 3.61. The normalized spacial score (nSPS) is 16.6. The van der Waals surface area contributed by atoms with Crippen molar-refractivity contribution < 1.29 is 4.74 Å². The van der Waals surface area contributed by atoms with E-state index in [0.29, 0.717) is 25.0 Å². The van der Waals surface area contributed by atoms with Gasteiger partial charge in [0, 0.05) is 25.4 Å². The zero-order valence-corrected chi connectivity index (χ0v) is 12.9. The summed E-state index contributed by atoms with van der Waals surface area (Å²) in [4.78, 5) is 11.0. The van der Waals surface area contributed by atoms with Gasteiger partial charge >= 0.3 is 0 Å². The van der Waals surface area contributed by atoms with Crippen LogP contribution in [0, 0.1) is 0 Å². The van der Waals surface area contributed by atoms with Crippen LogP contribution in [-0.4, -0.2) is 35.5 Å². The lowest BCUT2D eigenvalue weighted by molar-refractivity contribution is 0.305. The Balaban J connectivity index is 1.86. The third kappa shape index (κ3) is 5.25. The molecule has 1 saturated heterocycles. The van der Waals surface area contributed by atoms with Crippen LogP contribution in [0.15, 0.2) is 23.3 Å². The van der Waals surface area contributed by atoms with Gasteiger partial charge in [0.2, 0.25) is 5.88 Å². The van der Waals surface area contributed by atoms with E-state index in [1.165, 1.54) is 25.7 Å². The van der Waals surface area contributed by atoms with Gasteiger partial charge in [-0.3, -0.25) is 0 Å². The molecule has 116 valence electrons. The molecule has 1 fully saturated rings. The molecular weight excluding hydrogens is 264 g/mol. The van der Waals surface area contributed by atoms with Crippen LogP contribution in [0.5, 0.6) is 5.88 Å². The SMILES string of the molecule is CCCOc1ccc(CN=C(N)N2CCCCCC2)cn1. The first-order valence-electron chi connectivity index (χ1n) is 7.92. The van der Waals surface area contributed by atoms with Crippen LogP contribution in [0.25, 0.3) is 0 Å². The molecule has 0 unspecified atom stereocenters. The van der Waals surface area contributed by atoms with Gasteiger partial charge in [0.05, 0.1) is 13.2 Å². The van der Waals surface area contributed by atoms with Gasteiger partial charge in [0.15, 0.2) is 5.96 Å². The van der Waals surface area contributed by atoms with Crippen LogP contribution < -0.4 is 10.5 Å². The van der Waals surface area contributed by atoms with Crippen molar-refractivity contribution in [3.05, 3.63) is 23.9 Å². The number of ether oxygens (including phenoxy) is 1. The summed E-state index contributed by atoms with van der Waals surface area (Å²) in [7, 11) is 0. The van der Waals surface area contributed by atoms with Gasteiger partial charge in [0.25, 0.3) is 0 Å². The first kappa shape index (κ1) is 15.6. The van der Waals surface area contributed by atoms with Crippen molar-refractivity contribution in [2.24, 2.45) is 10.7 Å². The monoisotopic (exact) mass is 290 g/mol. The average Bonchev–Trinajstić information content (AvgIpc) is 2.81. The molecule has 1 aromatic heterocycles. The summed E-state index contributed by atoms with van der Waals surface area (Å²) >= 11 is 0. The third-order valence-corrected chi connectivity index (χ3v) is 3.61. The second kappa shape index (κ2) is 8.49. The molecule has 2 N–H and O–H groups in total. The number of nitrogens with two attached hydrogens (primary N) is 1. The molecule has 2 rings (SSSR count). The number of hydrogen-bond acceptors (Lipinski definition) is 3. The van der Waals surface area contributed by atoms with E-state index in [2.05, 4.69) is 21.8 Å². The summed E-state index contributed by atoms with van der Waals surface area (Å²) in [6.07, 6.45) is 7.81. The van der Waals surface area contributed by atoms with E-state index in [9.17, 15) is 0 Å². The molecule has 1 aromatic rings. The van der Waals surface area contributed by atoms with Gasteiger partial charge in [-0.25, -0.2) is 9.98 Å². The van der Waals surface area contributed by atoms with Crippen molar-refractivity contribution in [3.63, 3.8) is 0 Å². The summed E-state index contributed by atoms with van der Waals surface area (Å²) in [6.45, 7) is 5.40. The quantitative estimate of drug-likeness (QED) is 0.668. The van der Waals surface area contributed by atoms with Gasteiger partial charge in [-0.15, -0.1) is 0 Å². The Hall–Kier alpha value is -1.78. The Labute approximate surface area is 127 Å². The molecule has 21 heavy (non-hydrogen) atoms. The molecule has 2 heterocycles. The first-order valence-corrected chi connectivity index (χ1v) is 7.92. The molecule has 0 saturated carbocycles. The predicted octanol–water partition coefficient (Wildman–Crippen LogP) is 2.56. The average molecular weight is 290 g/mol. The Kier molecular flexibility index (Phi) is 6.31.